The molecule has 0 fully saturated rings. The van der Waals surface area contributed by atoms with Crippen LogP contribution in [0.5, 0.6) is 0 Å². The van der Waals surface area contributed by atoms with Gasteiger partial charge in [0.2, 0.25) is 0 Å². The summed E-state index contributed by atoms with van der Waals surface area (Å²) in [5.74, 6) is 1.87. The fourth-order valence-corrected chi connectivity index (χ4v) is 2.10. The Morgan fingerprint density at radius 1 is 1.35 bits per heavy atom. The molecular formula is C14H26N2O. The van der Waals surface area contributed by atoms with E-state index in [1.807, 2.05) is 12.1 Å². The largest absolute Gasteiger partial charge is 0.469 e. The van der Waals surface area contributed by atoms with Crippen LogP contribution in [0.4, 0.5) is 0 Å². The second-order valence-electron chi connectivity index (χ2n) is 4.57. The third-order valence-electron chi connectivity index (χ3n) is 3.25. The van der Waals surface area contributed by atoms with Gasteiger partial charge in [-0.15, -0.1) is 0 Å². The first-order valence-electron chi connectivity index (χ1n) is 6.80. The number of furan rings is 1. The van der Waals surface area contributed by atoms with E-state index in [4.69, 9.17) is 10.2 Å². The molecule has 0 radical (unpaired) electrons. The van der Waals surface area contributed by atoms with Crippen molar-refractivity contribution >= 4 is 0 Å². The molecule has 0 saturated heterocycles. The van der Waals surface area contributed by atoms with Crippen molar-refractivity contribution in [2.75, 3.05) is 19.6 Å². The van der Waals surface area contributed by atoms with Crippen molar-refractivity contribution < 1.29 is 4.42 Å². The van der Waals surface area contributed by atoms with Crippen LogP contribution < -0.4 is 11.1 Å². The molecule has 1 aromatic heterocycles. The highest BCUT2D eigenvalue weighted by molar-refractivity contribution is 4.98. The topological polar surface area (TPSA) is 51.2 Å². The van der Waals surface area contributed by atoms with Gasteiger partial charge in [0.15, 0.2) is 0 Å². The molecule has 3 N–H and O–H groups in total. The fourth-order valence-electron chi connectivity index (χ4n) is 2.10. The average Bonchev–Trinajstić information content (AvgIpc) is 2.85. The lowest BCUT2D eigenvalue weighted by Crippen LogP contribution is -2.19. The summed E-state index contributed by atoms with van der Waals surface area (Å²) in [6.07, 6.45) is 7.67. The average molecular weight is 238 g/mol. The van der Waals surface area contributed by atoms with Crippen molar-refractivity contribution in [1.29, 1.82) is 0 Å². The summed E-state index contributed by atoms with van der Waals surface area (Å²) in [5.41, 5.74) is 5.59. The highest BCUT2D eigenvalue weighted by atomic mass is 16.3. The highest BCUT2D eigenvalue weighted by Gasteiger charge is 2.04. The lowest BCUT2D eigenvalue weighted by Gasteiger charge is -2.13. The van der Waals surface area contributed by atoms with Crippen LogP contribution in [-0.4, -0.2) is 19.6 Å². The zero-order chi connectivity index (χ0) is 12.3. The number of hydrogen-bond donors (Lipinski definition) is 2. The van der Waals surface area contributed by atoms with Gasteiger partial charge in [-0.05, 0) is 50.4 Å². The maximum absolute atomic E-state index is 5.59. The minimum absolute atomic E-state index is 0.812. The van der Waals surface area contributed by atoms with Crippen LogP contribution in [0, 0.1) is 5.92 Å². The van der Waals surface area contributed by atoms with Crippen molar-refractivity contribution in [2.45, 2.75) is 39.0 Å². The van der Waals surface area contributed by atoms with Crippen LogP contribution in [0.1, 0.15) is 38.4 Å². The van der Waals surface area contributed by atoms with Gasteiger partial charge in [0.25, 0.3) is 0 Å². The van der Waals surface area contributed by atoms with E-state index in [1.165, 1.54) is 25.7 Å². The minimum Gasteiger partial charge on any atom is -0.469 e. The maximum Gasteiger partial charge on any atom is 0.105 e. The Kier molecular flexibility index (Phi) is 7.76. The van der Waals surface area contributed by atoms with E-state index in [9.17, 15) is 0 Å². The Morgan fingerprint density at radius 2 is 2.24 bits per heavy atom. The Bertz CT molecular complexity index is 259. The van der Waals surface area contributed by atoms with Crippen LogP contribution in [0.15, 0.2) is 22.8 Å². The van der Waals surface area contributed by atoms with Gasteiger partial charge in [-0.25, -0.2) is 0 Å². The van der Waals surface area contributed by atoms with E-state index in [2.05, 4.69) is 12.2 Å². The van der Waals surface area contributed by atoms with Gasteiger partial charge in [-0.3, -0.25) is 0 Å². The normalized spacial score (nSPS) is 12.8. The molecule has 0 aliphatic carbocycles. The van der Waals surface area contributed by atoms with Crippen LogP contribution in [0.3, 0.4) is 0 Å². The summed E-state index contributed by atoms with van der Waals surface area (Å²) >= 11 is 0. The van der Waals surface area contributed by atoms with Crippen LogP contribution >= 0.6 is 0 Å². The van der Waals surface area contributed by atoms with Crippen molar-refractivity contribution in [1.82, 2.24) is 5.32 Å². The molecule has 0 bridgehead atoms. The van der Waals surface area contributed by atoms with E-state index in [0.29, 0.717) is 0 Å². The molecule has 0 aromatic carbocycles. The molecule has 98 valence electrons. The van der Waals surface area contributed by atoms with Crippen molar-refractivity contribution in [2.24, 2.45) is 11.7 Å². The molecule has 0 amide bonds. The summed E-state index contributed by atoms with van der Waals surface area (Å²) in [7, 11) is 0. The molecule has 0 spiro atoms. The lowest BCUT2D eigenvalue weighted by molar-refractivity contribution is 0.421. The van der Waals surface area contributed by atoms with Crippen LogP contribution in [-0.2, 0) is 6.42 Å². The molecule has 1 unspecified atom stereocenters. The lowest BCUT2D eigenvalue weighted by atomic mass is 9.97. The van der Waals surface area contributed by atoms with E-state index >= 15 is 0 Å². The summed E-state index contributed by atoms with van der Waals surface area (Å²) in [6, 6.07) is 3.96. The van der Waals surface area contributed by atoms with Gasteiger partial charge in [0.1, 0.15) is 5.76 Å². The molecule has 1 rings (SSSR count). The zero-order valence-electron chi connectivity index (χ0n) is 11.0. The summed E-state index contributed by atoms with van der Waals surface area (Å²) < 4.78 is 5.27. The monoisotopic (exact) mass is 238 g/mol. The predicted molar refractivity (Wildman–Crippen MR) is 72.0 cm³/mol. The van der Waals surface area contributed by atoms with E-state index < -0.39 is 0 Å². The Balaban J connectivity index is 1.93. The van der Waals surface area contributed by atoms with Gasteiger partial charge in [-0.1, -0.05) is 13.3 Å². The van der Waals surface area contributed by atoms with E-state index in [0.717, 1.165) is 37.7 Å². The first-order chi connectivity index (χ1) is 8.36. The van der Waals surface area contributed by atoms with E-state index in [-0.39, 0.29) is 0 Å². The number of hydrogen-bond acceptors (Lipinski definition) is 3. The van der Waals surface area contributed by atoms with Gasteiger partial charge in [0, 0.05) is 13.0 Å². The molecule has 3 heteroatoms. The molecule has 0 aliphatic rings. The predicted octanol–water partition coefficient (Wildman–Crippen LogP) is 2.57. The van der Waals surface area contributed by atoms with Gasteiger partial charge < -0.3 is 15.5 Å². The summed E-state index contributed by atoms with van der Waals surface area (Å²) in [6.45, 7) is 5.18. The molecule has 1 heterocycles. The van der Waals surface area contributed by atoms with Crippen molar-refractivity contribution in [3.05, 3.63) is 24.2 Å². The summed E-state index contributed by atoms with van der Waals surface area (Å²) in [4.78, 5) is 0. The molecule has 3 nitrogen and oxygen atoms in total. The zero-order valence-corrected chi connectivity index (χ0v) is 11.0. The van der Waals surface area contributed by atoms with Crippen LogP contribution in [0.25, 0.3) is 0 Å². The quantitative estimate of drug-likeness (QED) is 0.616. The Morgan fingerprint density at radius 3 is 2.88 bits per heavy atom. The summed E-state index contributed by atoms with van der Waals surface area (Å²) in [5, 5.41) is 3.45. The highest BCUT2D eigenvalue weighted by Crippen LogP contribution is 2.13. The molecular weight excluding hydrogens is 212 g/mol. The second kappa shape index (κ2) is 9.25. The first-order valence-corrected chi connectivity index (χ1v) is 6.80. The van der Waals surface area contributed by atoms with Gasteiger partial charge >= 0.3 is 0 Å². The Labute approximate surface area is 105 Å². The maximum atomic E-state index is 5.59. The van der Waals surface area contributed by atoms with Gasteiger partial charge in [-0.2, -0.15) is 0 Å². The number of rotatable bonds is 10. The third kappa shape index (κ3) is 6.49. The SMILES string of the molecule is CCC(CCN)CCCNCCc1ccco1. The number of nitrogens with one attached hydrogen (secondary N) is 1. The Hall–Kier alpha value is -0.800. The second-order valence-corrected chi connectivity index (χ2v) is 4.57. The molecule has 17 heavy (non-hydrogen) atoms. The first kappa shape index (κ1) is 14.3. The molecule has 1 atom stereocenters. The van der Waals surface area contributed by atoms with Gasteiger partial charge in [0.05, 0.1) is 6.26 Å². The van der Waals surface area contributed by atoms with Crippen LogP contribution in [0.2, 0.25) is 0 Å². The molecule has 1 aromatic rings. The third-order valence-corrected chi connectivity index (χ3v) is 3.25. The smallest absolute Gasteiger partial charge is 0.105 e. The van der Waals surface area contributed by atoms with E-state index in [1.54, 1.807) is 6.26 Å². The fraction of sp³-hybridized carbons (Fsp3) is 0.714. The van der Waals surface area contributed by atoms with Crippen molar-refractivity contribution in [3.8, 4) is 0 Å². The van der Waals surface area contributed by atoms with Crippen molar-refractivity contribution in [3.63, 3.8) is 0 Å². The molecule has 0 saturated carbocycles. The molecule has 0 aliphatic heterocycles. The minimum atomic E-state index is 0.812. The number of nitrogens with two attached hydrogens (primary N) is 1. The standard InChI is InChI=1S/C14H26N2O/c1-2-13(7-9-15)5-3-10-16-11-8-14-6-4-12-17-14/h4,6,12-13,16H,2-3,5,7-11,15H2,1H3.